The van der Waals surface area contributed by atoms with Gasteiger partial charge in [0.25, 0.3) is 0 Å². The summed E-state index contributed by atoms with van der Waals surface area (Å²) in [5, 5.41) is 3.32. The van der Waals surface area contributed by atoms with Crippen LogP contribution in [0.4, 0.5) is 0 Å². The maximum Gasteiger partial charge on any atom is 0.221 e. The Morgan fingerprint density at radius 2 is 2.17 bits per heavy atom. The van der Waals surface area contributed by atoms with Crippen molar-refractivity contribution in [3.8, 4) is 0 Å². The van der Waals surface area contributed by atoms with Crippen LogP contribution in [0.3, 0.4) is 0 Å². The number of nitrogens with one attached hydrogen (secondary N) is 1. The van der Waals surface area contributed by atoms with Crippen LogP contribution in [0.5, 0.6) is 0 Å². The maximum atomic E-state index is 12.1. The molecule has 2 fully saturated rings. The van der Waals surface area contributed by atoms with E-state index < -0.39 is 0 Å². The molecule has 0 aromatic carbocycles. The normalized spacial score (nSPS) is 23.5. The summed E-state index contributed by atoms with van der Waals surface area (Å²) in [6.45, 7) is 5.26. The smallest absolute Gasteiger partial charge is 0.221 e. The minimum atomic E-state index is -0.0814. The van der Waals surface area contributed by atoms with Crippen LogP contribution in [0, 0.1) is 6.92 Å². The molecule has 1 N–H and O–H groups in total. The largest absolute Gasteiger partial charge is 0.350 e. The van der Waals surface area contributed by atoms with Gasteiger partial charge in [-0.05, 0) is 43.5 Å². The molecule has 5 heteroatoms. The molecule has 2 aliphatic heterocycles. The molecule has 2 aromatic heterocycles. The van der Waals surface area contributed by atoms with Gasteiger partial charge in [0.1, 0.15) is 0 Å². The number of aromatic nitrogens is 1. The van der Waals surface area contributed by atoms with E-state index in [0.29, 0.717) is 6.42 Å². The summed E-state index contributed by atoms with van der Waals surface area (Å²) in [4.78, 5) is 21.7. The molecule has 4 heterocycles. The molecule has 2 aromatic rings. The number of thiophene rings is 1. The highest BCUT2D eigenvalue weighted by molar-refractivity contribution is 7.11. The van der Waals surface area contributed by atoms with Crippen molar-refractivity contribution in [2.24, 2.45) is 0 Å². The van der Waals surface area contributed by atoms with Gasteiger partial charge >= 0.3 is 0 Å². The third-order valence-electron chi connectivity index (χ3n) is 5.46. The molecule has 2 saturated heterocycles. The molecule has 126 valence electrons. The van der Waals surface area contributed by atoms with Crippen molar-refractivity contribution in [2.45, 2.75) is 44.2 Å². The molecular formula is C19H23N3OS. The summed E-state index contributed by atoms with van der Waals surface area (Å²) in [5.41, 5.74) is 1.11. The van der Waals surface area contributed by atoms with Crippen molar-refractivity contribution >= 4 is 17.2 Å². The van der Waals surface area contributed by atoms with Gasteiger partial charge in [0, 0.05) is 59.7 Å². The van der Waals surface area contributed by atoms with Gasteiger partial charge in [-0.1, -0.05) is 6.07 Å². The zero-order valence-electron chi connectivity index (χ0n) is 14.0. The Morgan fingerprint density at radius 1 is 1.33 bits per heavy atom. The molecule has 1 spiro atoms. The summed E-state index contributed by atoms with van der Waals surface area (Å²) in [6.07, 6.45) is 6.35. The lowest BCUT2D eigenvalue weighted by molar-refractivity contribution is -0.120. The number of hydrogen-bond acceptors (Lipinski definition) is 4. The number of pyridine rings is 1. The van der Waals surface area contributed by atoms with Gasteiger partial charge in [-0.2, -0.15) is 0 Å². The number of piperidine rings is 1. The first kappa shape index (κ1) is 15.8. The summed E-state index contributed by atoms with van der Waals surface area (Å²) < 4.78 is 0. The monoisotopic (exact) mass is 341 g/mol. The van der Waals surface area contributed by atoms with Gasteiger partial charge in [-0.25, -0.2) is 0 Å². The van der Waals surface area contributed by atoms with E-state index >= 15 is 0 Å². The van der Waals surface area contributed by atoms with Gasteiger partial charge < -0.3 is 5.32 Å². The van der Waals surface area contributed by atoms with Crippen molar-refractivity contribution in [3.05, 3.63) is 52.0 Å². The minimum Gasteiger partial charge on any atom is -0.350 e. The highest BCUT2D eigenvalue weighted by Gasteiger charge is 2.48. The van der Waals surface area contributed by atoms with Gasteiger partial charge in [0.2, 0.25) is 5.91 Å². The van der Waals surface area contributed by atoms with E-state index in [9.17, 15) is 4.79 Å². The average Bonchev–Trinajstić information content (AvgIpc) is 3.14. The van der Waals surface area contributed by atoms with Crippen molar-refractivity contribution in [1.82, 2.24) is 15.2 Å². The molecule has 0 aliphatic carbocycles. The fourth-order valence-electron chi connectivity index (χ4n) is 4.19. The van der Waals surface area contributed by atoms with Gasteiger partial charge in [-0.15, -0.1) is 11.3 Å². The first-order valence-electron chi connectivity index (χ1n) is 8.63. The molecule has 0 radical (unpaired) electrons. The molecule has 0 bridgehead atoms. The first-order chi connectivity index (χ1) is 11.6. The number of rotatable bonds is 3. The SMILES string of the molecule is Cc1ccc(CN2CCC3(CC2)NC(=O)C[C@@H]3c2cccnc2)s1. The van der Waals surface area contributed by atoms with Crippen LogP contribution in [0.1, 0.15) is 40.5 Å². The Labute approximate surface area is 146 Å². The van der Waals surface area contributed by atoms with E-state index in [1.807, 2.05) is 23.6 Å². The van der Waals surface area contributed by atoms with Crippen LogP contribution >= 0.6 is 11.3 Å². The van der Waals surface area contributed by atoms with Crippen molar-refractivity contribution in [3.63, 3.8) is 0 Å². The second-order valence-electron chi connectivity index (χ2n) is 7.04. The number of amides is 1. The highest BCUT2D eigenvalue weighted by atomic mass is 32.1. The van der Waals surface area contributed by atoms with E-state index in [-0.39, 0.29) is 17.4 Å². The predicted octanol–water partition coefficient (Wildman–Crippen LogP) is 3.09. The third kappa shape index (κ3) is 2.98. The van der Waals surface area contributed by atoms with Crippen LogP contribution < -0.4 is 5.32 Å². The van der Waals surface area contributed by atoms with Gasteiger partial charge in [-0.3, -0.25) is 14.7 Å². The number of carbonyl (C=O) groups is 1. The minimum absolute atomic E-state index is 0.0814. The van der Waals surface area contributed by atoms with E-state index in [4.69, 9.17) is 0 Å². The number of nitrogens with zero attached hydrogens (tertiary/aromatic N) is 2. The van der Waals surface area contributed by atoms with Crippen LogP contribution in [0.25, 0.3) is 0 Å². The lowest BCUT2D eigenvalue weighted by Gasteiger charge is -2.42. The lowest BCUT2D eigenvalue weighted by Crippen LogP contribution is -2.53. The van der Waals surface area contributed by atoms with Crippen molar-refractivity contribution in [1.29, 1.82) is 0 Å². The molecule has 24 heavy (non-hydrogen) atoms. The second-order valence-corrected chi connectivity index (χ2v) is 8.41. The summed E-state index contributed by atoms with van der Waals surface area (Å²) in [7, 11) is 0. The lowest BCUT2D eigenvalue weighted by atomic mass is 9.75. The number of carbonyl (C=O) groups excluding carboxylic acids is 1. The Balaban J connectivity index is 1.47. The fraction of sp³-hybridized carbons (Fsp3) is 0.474. The Hall–Kier alpha value is -1.72. The summed E-state index contributed by atoms with van der Waals surface area (Å²) >= 11 is 1.88. The molecule has 0 unspecified atom stereocenters. The predicted molar refractivity (Wildman–Crippen MR) is 96.0 cm³/mol. The molecular weight excluding hydrogens is 318 g/mol. The fourth-order valence-corrected chi connectivity index (χ4v) is 5.12. The number of aryl methyl sites for hydroxylation is 1. The Bertz CT molecular complexity index is 719. The van der Waals surface area contributed by atoms with E-state index in [1.54, 1.807) is 6.20 Å². The summed E-state index contributed by atoms with van der Waals surface area (Å²) in [5.74, 6) is 0.441. The molecule has 0 saturated carbocycles. The van der Waals surface area contributed by atoms with Crippen LogP contribution in [-0.2, 0) is 11.3 Å². The number of likely N-dealkylation sites (tertiary alicyclic amines) is 1. The Morgan fingerprint density at radius 3 is 2.83 bits per heavy atom. The summed E-state index contributed by atoms with van der Waals surface area (Å²) in [6, 6.07) is 8.52. The third-order valence-corrected chi connectivity index (χ3v) is 6.44. The zero-order chi connectivity index (χ0) is 16.6. The van der Waals surface area contributed by atoms with Crippen molar-refractivity contribution < 1.29 is 4.79 Å². The molecule has 4 nitrogen and oxygen atoms in total. The first-order valence-corrected chi connectivity index (χ1v) is 9.45. The van der Waals surface area contributed by atoms with E-state index in [1.165, 1.54) is 15.3 Å². The molecule has 4 rings (SSSR count). The quantitative estimate of drug-likeness (QED) is 0.933. The second kappa shape index (κ2) is 6.30. The van der Waals surface area contributed by atoms with Crippen LogP contribution in [0.2, 0.25) is 0 Å². The standard InChI is InChI=1S/C19H23N3OS/c1-14-4-5-16(24-14)13-22-9-6-19(7-10-22)17(11-18(23)21-19)15-3-2-8-20-12-15/h2-5,8,12,17H,6-7,9-11,13H2,1H3,(H,21,23)/t17-/m1/s1. The van der Waals surface area contributed by atoms with E-state index in [2.05, 4.69) is 40.3 Å². The van der Waals surface area contributed by atoms with Crippen molar-refractivity contribution in [2.75, 3.05) is 13.1 Å². The average molecular weight is 341 g/mol. The van der Waals surface area contributed by atoms with Gasteiger partial charge in [0.05, 0.1) is 0 Å². The maximum absolute atomic E-state index is 12.1. The molecule has 1 amide bonds. The van der Waals surface area contributed by atoms with Crippen LogP contribution in [0.15, 0.2) is 36.7 Å². The van der Waals surface area contributed by atoms with Crippen LogP contribution in [-0.4, -0.2) is 34.4 Å². The molecule has 1 atom stereocenters. The van der Waals surface area contributed by atoms with E-state index in [0.717, 1.165) is 32.5 Å². The number of hydrogen-bond donors (Lipinski definition) is 1. The topological polar surface area (TPSA) is 45.2 Å². The van der Waals surface area contributed by atoms with Gasteiger partial charge in [0.15, 0.2) is 0 Å². The highest BCUT2D eigenvalue weighted by Crippen LogP contribution is 2.43. The Kier molecular flexibility index (Phi) is 4.14. The molecule has 2 aliphatic rings. The zero-order valence-corrected chi connectivity index (χ0v) is 14.8.